The van der Waals surface area contributed by atoms with Gasteiger partial charge in [-0.15, -0.1) is 12.4 Å². The number of rotatable bonds is 6. The molecular weight excluding hydrogens is 346 g/mol. The van der Waals surface area contributed by atoms with Crippen molar-refractivity contribution >= 4 is 24.3 Å². The maximum absolute atomic E-state index is 13.5. The minimum Gasteiger partial charge on any atom is -0.496 e. The highest BCUT2D eigenvalue weighted by atomic mass is 35.5. The highest BCUT2D eigenvalue weighted by Crippen LogP contribution is 2.50. The molecule has 1 atom stereocenters. The Hall–Kier alpha value is -1.58. The van der Waals surface area contributed by atoms with Gasteiger partial charge in [0.2, 0.25) is 0 Å². The summed E-state index contributed by atoms with van der Waals surface area (Å²) in [5, 5.41) is 0. The molecule has 3 nitrogen and oxygen atoms in total. The van der Waals surface area contributed by atoms with Gasteiger partial charge in [0.1, 0.15) is 5.75 Å². The number of para-hydroxylation sites is 1. The van der Waals surface area contributed by atoms with Crippen molar-refractivity contribution in [3.63, 3.8) is 0 Å². The lowest BCUT2D eigenvalue weighted by Gasteiger charge is -2.30. The van der Waals surface area contributed by atoms with Crippen molar-refractivity contribution in [3.8, 4) is 5.75 Å². The largest absolute Gasteiger partial charge is 0.496 e. The van der Waals surface area contributed by atoms with Gasteiger partial charge in [-0.05, 0) is 76.9 Å². The lowest BCUT2D eigenvalue weighted by Crippen LogP contribution is -2.32. The first-order chi connectivity index (χ1) is 12.1. The van der Waals surface area contributed by atoms with E-state index in [0.29, 0.717) is 5.78 Å². The number of Topliss-reactive ketones (excluding diaryl/α,β-unsaturated/α-hetero) is 1. The van der Waals surface area contributed by atoms with E-state index in [1.807, 2.05) is 30.3 Å². The predicted molar refractivity (Wildman–Crippen MR) is 110 cm³/mol. The fourth-order valence-electron chi connectivity index (χ4n) is 4.22. The Bertz CT molecular complexity index is 708. The first-order valence-electron chi connectivity index (χ1n) is 9.29. The summed E-state index contributed by atoms with van der Waals surface area (Å²) in [5.41, 5.74) is 3.07. The summed E-state index contributed by atoms with van der Waals surface area (Å²) in [6, 6.07) is 7.92. The van der Waals surface area contributed by atoms with Gasteiger partial charge in [0.05, 0.1) is 12.5 Å². The monoisotopic (exact) mass is 375 g/mol. The summed E-state index contributed by atoms with van der Waals surface area (Å²) in [6.07, 6.45) is 10.5. The van der Waals surface area contributed by atoms with Crippen molar-refractivity contribution in [3.05, 3.63) is 47.1 Å². The quantitative estimate of drug-likeness (QED) is 0.522. The summed E-state index contributed by atoms with van der Waals surface area (Å²) in [4.78, 5) is 15.6. The van der Waals surface area contributed by atoms with E-state index in [-0.39, 0.29) is 17.8 Å². The standard InChI is InChI=1S/C22H29NO2.ClH/c1-23(2)15-14-22(19-9-5-6-10-19)13-12-18(21(22)24)16-17-8-4-7-11-20(17)25-3;/h4,7-9,11,16H,5-6,10,12-15H2,1-3H3;1H. The number of nitrogens with zero attached hydrogens (tertiary/aromatic N) is 1. The molecule has 4 heteroatoms. The first kappa shape index (κ1) is 20.7. The lowest BCUT2D eigenvalue weighted by molar-refractivity contribution is -0.121. The summed E-state index contributed by atoms with van der Waals surface area (Å²) in [5.74, 6) is 1.17. The zero-order valence-corrected chi connectivity index (χ0v) is 16.9. The van der Waals surface area contributed by atoms with Crippen LogP contribution in [0.5, 0.6) is 5.75 Å². The molecule has 0 amide bonds. The Kier molecular flexibility index (Phi) is 7.08. The third-order valence-corrected chi connectivity index (χ3v) is 5.66. The van der Waals surface area contributed by atoms with Crippen LogP contribution in [0.2, 0.25) is 0 Å². The normalized spacial score (nSPS) is 24.1. The van der Waals surface area contributed by atoms with Gasteiger partial charge in [-0.2, -0.15) is 0 Å². The number of ether oxygens (including phenoxy) is 1. The molecule has 0 saturated heterocycles. The smallest absolute Gasteiger partial charge is 0.169 e. The van der Waals surface area contributed by atoms with E-state index in [1.165, 1.54) is 12.0 Å². The number of methoxy groups -OCH3 is 1. The molecule has 2 aliphatic carbocycles. The molecule has 1 fully saturated rings. The van der Waals surface area contributed by atoms with Crippen molar-refractivity contribution in [1.82, 2.24) is 4.90 Å². The van der Waals surface area contributed by atoms with Crippen LogP contribution in [0.4, 0.5) is 0 Å². The number of hydrogen-bond acceptors (Lipinski definition) is 3. The second-order valence-corrected chi connectivity index (χ2v) is 7.50. The average Bonchev–Trinajstić information content (AvgIpc) is 3.24. The van der Waals surface area contributed by atoms with Crippen molar-refractivity contribution in [2.45, 2.75) is 38.5 Å². The van der Waals surface area contributed by atoms with Crippen LogP contribution >= 0.6 is 12.4 Å². The highest BCUT2D eigenvalue weighted by molar-refractivity contribution is 6.07. The van der Waals surface area contributed by atoms with Crippen LogP contribution in [-0.4, -0.2) is 38.4 Å². The molecule has 0 aromatic heterocycles. The van der Waals surface area contributed by atoms with Crippen LogP contribution in [0.1, 0.15) is 44.1 Å². The Morgan fingerprint density at radius 1 is 1.23 bits per heavy atom. The van der Waals surface area contributed by atoms with Gasteiger partial charge in [0.25, 0.3) is 0 Å². The molecule has 142 valence electrons. The van der Waals surface area contributed by atoms with E-state index in [0.717, 1.165) is 55.5 Å². The van der Waals surface area contributed by atoms with E-state index in [4.69, 9.17) is 4.74 Å². The minimum atomic E-state index is -0.269. The van der Waals surface area contributed by atoms with Gasteiger partial charge in [0.15, 0.2) is 5.78 Å². The molecule has 1 saturated carbocycles. The predicted octanol–water partition coefficient (Wildman–Crippen LogP) is 4.91. The Morgan fingerprint density at radius 2 is 2.00 bits per heavy atom. The summed E-state index contributed by atoms with van der Waals surface area (Å²) < 4.78 is 5.45. The van der Waals surface area contributed by atoms with Gasteiger partial charge < -0.3 is 9.64 Å². The number of hydrogen-bond donors (Lipinski definition) is 0. The highest BCUT2D eigenvalue weighted by Gasteiger charge is 2.47. The lowest BCUT2D eigenvalue weighted by atomic mass is 9.74. The zero-order valence-electron chi connectivity index (χ0n) is 16.1. The topological polar surface area (TPSA) is 29.5 Å². The van der Waals surface area contributed by atoms with Crippen LogP contribution in [-0.2, 0) is 4.79 Å². The van der Waals surface area contributed by atoms with E-state index in [2.05, 4.69) is 25.1 Å². The molecule has 0 heterocycles. The van der Waals surface area contributed by atoms with Crippen molar-refractivity contribution in [2.24, 2.45) is 5.41 Å². The second-order valence-electron chi connectivity index (χ2n) is 7.50. The van der Waals surface area contributed by atoms with Crippen molar-refractivity contribution in [2.75, 3.05) is 27.7 Å². The van der Waals surface area contributed by atoms with Crippen LogP contribution < -0.4 is 4.74 Å². The number of carbonyl (C=O) groups is 1. The number of halogens is 1. The van der Waals surface area contributed by atoms with Crippen LogP contribution in [0, 0.1) is 5.41 Å². The summed E-state index contributed by atoms with van der Waals surface area (Å²) in [7, 11) is 5.85. The van der Waals surface area contributed by atoms with Gasteiger partial charge in [-0.1, -0.05) is 29.8 Å². The SMILES string of the molecule is COc1ccccc1C=C1CCC(CCN(C)C)(C2=CCCC2)C1=O.Cl. The third-order valence-electron chi connectivity index (χ3n) is 5.66. The molecule has 0 bridgehead atoms. The molecule has 1 aromatic rings. The summed E-state index contributed by atoms with van der Waals surface area (Å²) in [6.45, 7) is 0.949. The Balaban J connectivity index is 0.00000243. The maximum atomic E-state index is 13.5. The fraction of sp³-hybridized carbons (Fsp3) is 0.500. The van der Waals surface area contributed by atoms with E-state index in [9.17, 15) is 4.79 Å². The maximum Gasteiger partial charge on any atom is 0.169 e. The molecule has 3 rings (SSSR count). The fourth-order valence-corrected chi connectivity index (χ4v) is 4.22. The number of allylic oxidation sites excluding steroid dienone is 3. The molecule has 26 heavy (non-hydrogen) atoms. The Morgan fingerprint density at radius 3 is 2.65 bits per heavy atom. The number of ketones is 1. The van der Waals surface area contributed by atoms with Crippen LogP contribution in [0.25, 0.3) is 6.08 Å². The molecule has 2 aliphatic rings. The van der Waals surface area contributed by atoms with Crippen LogP contribution in [0.3, 0.4) is 0 Å². The zero-order chi connectivity index (χ0) is 17.9. The minimum absolute atomic E-state index is 0. The Labute approximate surface area is 163 Å². The van der Waals surface area contributed by atoms with Gasteiger partial charge in [0, 0.05) is 5.56 Å². The van der Waals surface area contributed by atoms with Gasteiger partial charge >= 0.3 is 0 Å². The van der Waals surface area contributed by atoms with E-state index in [1.54, 1.807) is 7.11 Å². The second kappa shape index (κ2) is 8.88. The molecule has 0 spiro atoms. The van der Waals surface area contributed by atoms with Gasteiger partial charge in [-0.25, -0.2) is 0 Å². The third kappa shape index (κ3) is 4.05. The average molecular weight is 376 g/mol. The molecule has 0 radical (unpaired) electrons. The molecule has 0 aliphatic heterocycles. The van der Waals surface area contributed by atoms with E-state index >= 15 is 0 Å². The molecular formula is C22H30ClNO2. The van der Waals surface area contributed by atoms with Crippen molar-refractivity contribution in [1.29, 1.82) is 0 Å². The molecule has 1 aromatic carbocycles. The molecule has 0 N–H and O–H groups in total. The van der Waals surface area contributed by atoms with Gasteiger partial charge in [-0.3, -0.25) is 4.79 Å². The van der Waals surface area contributed by atoms with Crippen molar-refractivity contribution < 1.29 is 9.53 Å². The van der Waals surface area contributed by atoms with Crippen LogP contribution in [0.15, 0.2) is 41.5 Å². The number of benzene rings is 1. The number of carbonyl (C=O) groups excluding carboxylic acids is 1. The summed E-state index contributed by atoms with van der Waals surface area (Å²) >= 11 is 0. The first-order valence-corrected chi connectivity index (χ1v) is 9.29. The van der Waals surface area contributed by atoms with E-state index < -0.39 is 0 Å². The molecule has 1 unspecified atom stereocenters.